The van der Waals surface area contributed by atoms with Crippen LogP contribution in [0.1, 0.15) is 56.2 Å². The molecule has 1 spiro atoms. The molecule has 0 atom stereocenters. The first-order chi connectivity index (χ1) is 9.39. The van der Waals surface area contributed by atoms with Gasteiger partial charge in [-0.1, -0.05) is 13.3 Å². The number of alkyl halides is 2. The van der Waals surface area contributed by atoms with Crippen molar-refractivity contribution in [1.29, 1.82) is 0 Å². The Morgan fingerprint density at radius 3 is 2.55 bits per heavy atom. The van der Waals surface area contributed by atoms with Crippen molar-refractivity contribution in [2.24, 2.45) is 4.99 Å². The smallest absolute Gasteiger partial charge is 0.287 e. The minimum absolute atomic E-state index is 0.107. The number of nitrogens with zero attached hydrogens (tertiary/aromatic N) is 1. The number of rotatable bonds is 3. The van der Waals surface area contributed by atoms with Crippen molar-refractivity contribution in [3.63, 3.8) is 0 Å². The maximum atomic E-state index is 13.8. The van der Waals surface area contributed by atoms with Crippen LogP contribution in [0.4, 0.5) is 8.78 Å². The van der Waals surface area contributed by atoms with E-state index in [1.54, 1.807) is 6.07 Å². The van der Waals surface area contributed by atoms with Gasteiger partial charge < -0.3 is 5.11 Å². The lowest BCUT2D eigenvalue weighted by Gasteiger charge is -2.37. The van der Waals surface area contributed by atoms with Crippen molar-refractivity contribution in [3.05, 3.63) is 28.8 Å². The number of hydrogen-bond donors (Lipinski definition) is 1. The molecule has 0 bridgehead atoms. The number of halogens is 2. The number of phenolic OH excluding ortho intramolecular Hbond substituents is 1. The lowest BCUT2D eigenvalue weighted by atomic mass is 9.70. The summed E-state index contributed by atoms with van der Waals surface area (Å²) < 4.78 is 27.7. The molecule has 1 heterocycles. The molecule has 0 saturated heterocycles. The molecule has 1 N–H and O–H groups in total. The van der Waals surface area contributed by atoms with Gasteiger partial charge in [-0.25, -0.2) is 0 Å². The van der Waals surface area contributed by atoms with Crippen LogP contribution in [0.2, 0.25) is 0 Å². The van der Waals surface area contributed by atoms with Gasteiger partial charge in [0.15, 0.2) is 0 Å². The molecule has 1 aliphatic carbocycles. The van der Waals surface area contributed by atoms with E-state index in [4.69, 9.17) is 0 Å². The average molecular weight is 279 g/mol. The summed E-state index contributed by atoms with van der Waals surface area (Å²) in [6.07, 6.45) is 4.19. The van der Waals surface area contributed by atoms with Gasteiger partial charge in [-0.15, -0.1) is 0 Å². The van der Waals surface area contributed by atoms with E-state index in [0.717, 1.165) is 43.7 Å². The molecule has 4 heteroatoms. The standard InChI is InChI=1S/C16H19F2NO/c1-3-5-10-12(20)7-6-11-13(10)16(8-4-9-16)19-14(11)15(2,17)18/h6-7,20H,3-5,8-9H2,1-2H3. The third kappa shape index (κ3) is 1.77. The van der Waals surface area contributed by atoms with Crippen LogP contribution in [0.15, 0.2) is 17.1 Å². The minimum Gasteiger partial charge on any atom is -0.508 e. The summed E-state index contributed by atoms with van der Waals surface area (Å²) in [7, 11) is 0. The summed E-state index contributed by atoms with van der Waals surface area (Å²) in [5.41, 5.74) is 1.62. The maximum absolute atomic E-state index is 13.8. The highest BCUT2D eigenvalue weighted by Gasteiger charge is 2.50. The van der Waals surface area contributed by atoms with E-state index in [9.17, 15) is 13.9 Å². The van der Waals surface area contributed by atoms with Gasteiger partial charge in [0.25, 0.3) is 5.92 Å². The Hall–Kier alpha value is -1.45. The summed E-state index contributed by atoms with van der Waals surface area (Å²) in [5, 5.41) is 10.1. The van der Waals surface area contributed by atoms with Crippen molar-refractivity contribution >= 4 is 5.71 Å². The molecule has 1 fully saturated rings. The van der Waals surface area contributed by atoms with E-state index in [0.29, 0.717) is 12.0 Å². The van der Waals surface area contributed by atoms with Crippen molar-refractivity contribution in [2.45, 2.75) is 57.4 Å². The highest BCUT2D eigenvalue weighted by atomic mass is 19.3. The molecule has 3 rings (SSSR count). The number of hydrogen-bond acceptors (Lipinski definition) is 2. The van der Waals surface area contributed by atoms with Crippen LogP contribution in [0, 0.1) is 0 Å². The Balaban J connectivity index is 2.22. The Labute approximate surface area is 117 Å². The Bertz CT molecular complexity index is 583. The van der Waals surface area contributed by atoms with Crippen LogP contribution in [0.3, 0.4) is 0 Å². The fraction of sp³-hybridized carbons (Fsp3) is 0.562. The second-order valence-electron chi connectivity index (χ2n) is 5.97. The largest absolute Gasteiger partial charge is 0.508 e. The number of aromatic hydroxyl groups is 1. The third-order valence-corrected chi connectivity index (χ3v) is 4.43. The van der Waals surface area contributed by atoms with Crippen molar-refractivity contribution < 1.29 is 13.9 Å². The molecule has 20 heavy (non-hydrogen) atoms. The van der Waals surface area contributed by atoms with E-state index < -0.39 is 11.5 Å². The molecule has 0 radical (unpaired) electrons. The first-order valence-electron chi connectivity index (χ1n) is 7.23. The Kier molecular flexibility index (Phi) is 2.89. The third-order valence-electron chi connectivity index (χ3n) is 4.43. The van der Waals surface area contributed by atoms with Crippen LogP contribution >= 0.6 is 0 Å². The van der Waals surface area contributed by atoms with E-state index in [2.05, 4.69) is 4.99 Å². The molecule has 0 aromatic heterocycles. The van der Waals surface area contributed by atoms with Gasteiger partial charge in [-0.2, -0.15) is 8.78 Å². The number of aliphatic imine (C=N–C) groups is 1. The number of fused-ring (bicyclic) bond motifs is 2. The number of benzene rings is 1. The van der Waals surface area contributed by atoms with E-state index in [1.807, 2.05) is 6.92 Å². The van der Waals surface area contributed by atoms with Crippen molar-refractivity contribution in [3.8, 4) is 5.75 Å². The zero-order valence-corrected chi connectivity index (χ0v) is 11.8. The summed E-state index contributed by atoms with van der Waals surface area (Å²) in [5.74, 6) is -2.72. The SMILES string of the molecule is CCCc1c(O)ccc2c1C1(CCC1)N=C2C(C)(F)F. The molecule has 0 unspecified atom stereocenters. The lowest BCUT2D eigenvalue weighted by Crippen LogP contribution is -2.31. The van der Waals surface area contributed by atoms with Crippen LogP contribution in [0.25, 0.3) is 0 Å². The highest BCUT2D eigenvalue weighted by molar-refractivity contribution is 6.09. The normalized spacial score (nSPS) is 19.7. The summed E-state index contributed by atoms with van der Waals surface area (Å²) >= 11 is 0. The molecular formula is C16H19F2NO. The van der Waals surface area contributed by atoms with Gasteiger partial charge in [0.05, 0.1) is 5.54 Å². The van der Waals surface area contributed by atoms with Crippen LogP contribution in [0.5, 0.6) is 5.75 Å². The second kappa shape index (κ2) is 4.27. The second-order valence-corrected chi connectivity index (χ2v) is 5.97. The monoisotopic (exact) mass is 279 g/mol. The molecule has 1 aliphatic heterocycles. The van der Waals surface area contributed by atoms with Gasteiger partial charge in [-0.05, 0) is 43.4 Å². The van der Waals surface area contributed by atoms with Gasteiger partial charge in [-0.3, -0.25) is 4.99 Å². The Morgan fingerprint density at radius 2 is 2.05 bits per heavy atom. The van der Waals surface area contributed by atoms with Gasteiger partial charge in [0.2, 0.25) is 0 Å². The molecule has 1 aromatic carbocycles. The van der Waals surface area contributed by atoms with Crippen LogP contribution < -0.4 is 0 Å². The quantitative estimate of drug-likeness (QED) is 0.884. The van der Waals surface area contributed by atoms with Gasteiger partial charge >= 0.3 is 0 Å². The first kappa shape index (κ1) is 13.5. The van der Waals surface area contributed by atoms with Crippen molar-refractivity contribution in [2.75, 3.05) is 0 Å². The van der Waals surface area contributed by atoms with E-state index in [1.165, 1.54) is 6.07 Å². The minimum atomic E-state index is -2.94. The predicted molar refractivity (Wildman–Crippen MR) is 74.8 cm³/mol. The van der Waals surface area contributed by atoms with Crippen molar-refractivity contribution in [1.82, 2.24) is 0 Å². The molecule has 1 saturated carbocycles. The fourth-order valence-corrected chi connectivity index (χ4v) is 3.41. The average Bonchev–Trinajstić information content (AvgIpc) is 2.68. The summed E-state index contributed by atoms with van der Waals surface area (Å²) in [4.78, 5) is 4.40. The topological polar surface area (TPSA) is 32.6 Å². The molecular weight excluding hydrogens is 260 g/mol. The zero-order valence-electron chi connectivity index (χ0n) is 11.8. The maximum Gasteiger partial charge on any atom is 0.287 e. The van der Waals surface area contributed by atoms with Crippen LogP contribution in [-0.2, 0) is 12.0 Å². The van der Waals surface area contributed by atoms with E-state index in [-0.39, 0.29) is 11.5 Å². The van der Waals surface area contributed by atoms with Gasteiger partial charge in [0, 0.05) is 18.1 Å². The molecule has 108 valence electrons. The molecule has 0 amide bonds. The molecule has 2 nitrogen and oxygen atoms in total. The fourth-order valence-electron chi connectivity index (χ4n) is 3.41. The molecule has 1 aromatic rings. The summed E-state index contributed by atoms with van der Waals surface area (Å²) in [6, 6.07) is 3.13. The summed E-state index contributed by atoms with van der Waals surface area (Å²) in [6.45, 7) is 2.93. The number of phenols is 1. The van der Waals surface area contributed by atoms with Crippen LogP contribution in [-0.4, -0.2) is 16.7 Å². The first-order valence-corrected chi connectivity index (χ1v) is 7.23. The highest BCUT2D eigenvalue weighted by Crippen LogP contribution is 2.54. The Morgan fingerprint density at radius 1 is 1.35 bits per heavy atom. The predicted octanol–water partition coefficient (Wildman–Crippen LogP) is 4.18. The van der Waals surface area contributed by atoms with Gasteiger partial charge in [0.1, 0.15) is 11.5 Å². The molecule has 2 aliphatic rings. The lowest BCUT2D eigenvalue weighted by molar-refractivity contribution is 0.0999. The zero-order chi connectivity index (χ0) is 14.5. The van der Waals surface area contributed by atoms with E-state index >= 15 is 0 Å².